The van der Waals surface area contributed by atoms with Gasteiger partial charge in [-0.25, -0.2) is 0 Å². The molecule has 0 spiro atoms. The van der Waals surface area contributed by atoms with Crippen molar-refractivity contribution in [2.75, 3.05) is 19.6 Å². The van der Waals surface area contributed by atoms with Gasteiger partial charge in [0, 0.05) is 30.9 Å². The molecule has 0 aromatic heterocycles. The molecule has 0 aromatic rings. The molecule has 2 atom stereocenters. The van der Waals surface area contributed by atoms with Gasteiger partial charge < -0.3 is 15.5 Å². The van der Waals surface area contributed by atoms with Gasteiger partial charge in [0.15, 0.2) is 0 Å². The van der Waals surface area contributed by atoms with E-state index in [1.165, 1.54) is 5.70 Å². The third-order valence-corrected chi connectivity index (χ3v) is 2.75. The lowest BCUT2D eigenvalue weighted by molar-refractivity contribution is 0.211. The average molecular weight is 193 g/mol. The molecule has 78 valence electrons. The van der Waals surface area contributed by atoms with Crippen LogP contribution >= 0.6 is 0 Å². The van der Waals surface area contributed by atoms with Crippen LogP contribution in [0.3, 0.4) is 0 Å². The number of hydrogen-bond acceptors (Lipinski definition) is 3. The fourth-order valence-corrected chi connectivity index (χ4v) is 2.23. The smallest absolute Gasteiger partial charge is 0.0544 e. The Morgan fingerprint density at radius 2 is 2.00 bits per heavy atom. The van der Waals surface area contributed by atoms with Gasteiger partial charge >= 0.3 is 0 Å². The third-order valence-electron chi connectivity index (χ3n) is 2.75. The lowest BCUT2D eigenvalue weighted by Crippen LogP contribution is -2.54. The van der Waals surface area contributed by atoms with Gasteiger partial charge in [-0.05, 0) is 32.2 Å². The minimum absolute atomic E-state index is 0.588. The van der Waals surface area contributed by atoms with E-state index < -0.39 is 0 Å². The minimum Gasteiger partial charge on any atom is -0.385 e. The van der Waals surface area contributed by atoms with E-state index in [9.17, 15) is 0 Å². The molecule has 0 amide bonds. The minimum atomic E-state index is 0.588. The molecule has 2 aliphatic rings. The summed E-state index contributed by atoms with van der Waals surface area (Å²) in [5.41, 5.74) is 1.41. The van der Waals surface area contributed by atoms with Crippen LogP contribution in [0.5, 0.6) is 0 Å². The van der Waals surface area contributed by atoms with E-state index in [-0.39, 0.29) is 0 Å². The highest BCUT2D eigenvalue weighted by Gasteiger charge is 2.22. The van der Waals surface area contributed by atoms with Crippen LogP contribution in [0, 0.1) is 0 Å². The SMILES string of the molecule is C[C@@H]1CN(C2=CC=CNC2)C[C@H](C)N1. The number of nitrogens with one attached hydrogen (secondary N) is 2. The Morgan fingerprint density at radius 3 is 2.57 bits per heavy atom. The molecular weight excluding hydrogens is 174 g/mol. The molecular formula is C11H19N3. The third kappa shape index (κ3) is 2.10. The molecule has 0 unspecified atom stereocenters. The lowest BCUT2D eigenvalue weighted by atomic mass is 10.1. The summed E-state index contributed by atoms with van der Waals surface area (Å²) in [7, 11) is 0. The standard InChI is InChI=1S/C11H19N3/c1-9-7-14(8-10(2)13-9)11-4-3-5-12-6-11/h3-5,9-10,12-13H,6-8H2,1-2H3/t9-,10+. The highest BCUT2D eigenvalue weighted by atomic mass is 15.2. The molecule has 14 heavy (non-hydrogen) atoms. The van der Waals surface area contributed by atoms with Crippen molar-refractivity contribution in [1.82, 2.24) is 15.5 Å². The van der Waals surface area contributed by atoms with Crippen LogP contribution in [0.2, 0.25) is 0 Å². The zero-order valence-electron chi connectivity index (χ0n) is 8.96. The summed E-state index contributed by atoms with van der Waals surface area (Å²) in [5, 5.41) is 6.79. The van der Waals surface area contributed by atoms with Gasteiger partial charge in [-0.1, -0.05) is 0 Å². The van der Waals surface area contributed by atoms with E-state index in [0.717, 1.165) is 19.6 Å². The Morgan fingerprint density at radius 1 is 1.29 bits per heavy atom. The Bertz CT molecular complexity index is 247. The van der Waals surface area contributed by atoms with E-state index in [4.69, 9.17) is 0 Å². The first-order chi connectivity index (χ1) is 6.75. The first-order valence-corrected chi connectivity index (χ1v) is 5.36. The number of nitrogens with zero attached hydrogens (tertiary/aromatic N) is 1. The van der Waals surface area contributed by atoms with E-state index in [1.54, 1.807) is 0 Å². The molecule has 2 heterocycles. The lowest BCUT2D eigenvalue weighted by Gasteiger charge is -2.39. The van der Waals surface area contributed by atoms with Gasteiger partial charge in [0.1, 0.15) is 0 Å². The van der Waals surface area contributed by atoms with E-state index in [2.05, 4.69) is 41.5 Å². The van der Waals surface area contributed by atoms with Crippen LogP contribution in [0.1, 0.15) is 13.8 Å². The Balaban J connectivity index is 2.02. The van der Waals surface area contributed by atoms with Gasteiger partial charge in [-0.3, -0.25) is 0 Å². The van der Waals surface area contributed by atoms with Gasteiger partial charge in [-0.15, -0.1) is 0 Å². The van der Waals surface area contributed by atoms with Crippen LogP contribution in [-0.4, -0.2) is 36.6 Å². The summed E-state index contributed by atoms with van der Waals surface area (Å²) in [5.74, 6) is 0. The van der Waals surface area contributed by atoms with Crippen molar-refractivity contribution in [2.45, 2.75) is 25.9 Å². The number of piperazine rings is 1. The van der Waals surface area contributed by atoms with E-state index in [0.29, 0.717) is 12.1 Å². The monoisotopic (exact) mass is 193 g/mol. The molecule has 2 rings (SSSR count). The summed E-state index contributed by atoms with van der Waals surface area (Å²) in [6.07, 6.45) is 6.29. The van der Waals surface area contributed by atoms with Crippen molar-refractivity contribution < 1.29 is 0 Å². The van der Waals surface area contributed by atoms with Crippen LogP contribution < -0.4 is 10.6 Å². The molecule has 0 aromatic carbocycles. The quantitative estimate of drug-likeness (QED) is 0.641. The van der Waals surface area contributed by atoms with Gasteiger partial charge in [-0.2, -0.15) is 0 Å². The molecule has 0 aliphatic carbocycles. The molecule has 2 N–H and O–H groups in total. The predicted molar refractivity (Wildman–Crippen MR) is 58.9 cm³/mol. The van der Waals surface area contributed by atoms with Crippen molar-refractivity contribution in [3.8, 4) is 0 Å². The van der Waals surface area contributed by atoms with Crippen molar-refractivity contribution in [2.24, 2.45) is 0 Å². The number of dihydropyridines is 1. The molecule has 0 radical (unpaired) electrons. The van der Waals surface area contributed by atoms with Gasteiger partial charge in [0.2, 0.25) is 0 Å². The van der Waals surface area contributed by atoms with Crippen molar-refractivity contribution in [1.29, 1.82) is 0 Å². The summed E-state index contributed by atoms with van der Waals surface area (Å²) in [6, 6.07) is 1.18. The first kappa shape index (κ1) is 9.59. The number of rotatable bonds is 1. The van der Waals surface area contributed by atoms with Crippen LogP contribution in [0.15, 0.2) is 24.0 Å². The van der Waals surface area contributed by atoms with E-state index in [1.807, 2.05) is 6.20 Å². The zero-order valence-corrected chi connectivity index (χ0v) is 8.96. The van der Waals surface area contributed by atoms with Gasteiger partial charge in [0.25, 0.3) is 0 Å². The highest BCUT2D eigenvalue weighted by Crippen LogP contribution is 2.12. The topological polar surface area (TPSA) is 27.3 Å². The summed E-state index contributed by atoms with van der Waals surface area (Å²) >= 11 is 0. The van der Waals surface area contributed by atoms with Crippen LogP contribution in [-0.2, 0) is 0 Å². The summed E-state index contributed by atoms with van der Waals surface area (Å²) in [4.78, 5) is 2.47. The average Bonchev–Trinajstić information content (AvgIpc) is 2.18. The maximum atomic E-state index is 3.54. The Hall–Kier alpha value is -0.960. The fourth-order valence-electron chi connectivity index (χ4n) is 2.23. The summed E-state index contributed by atoms with van der Waals surface area (Å²) < 4.78 is 0. The van der Waals surface area contributed by atoms with Crippen molar-refractivity contribution in [3.05, 3.63) is 24.0 Å². The maximum absolute atomic E-state index is 3.54. The number of allylic oxidation sites excluding steroid dienone is 2. The largest absolute Gasteiger partial charge is 0.385 e. The van der Waals surface area contributed by atoms with Crippen LogP contribution in [0.4, 0.5) is 0 Å². The van der Waals surface area contributed by atoms with Crippen LogP contribution in [0.25, 0.3) is 0 Å². The molecule has 1 saturated heterocycles. The number of hydrogen-bond donors (Lipinski definition) is 2. The van der Waals surface area contributed by atoms with Crippen molar-refractivity contribution >= 4 is 0 Å². The molecule has 3 nitrogen and oxygen atoms in total. The first-order valence-electron chi connectivity index (χ1n) is 5.36. The fraction of sp³-hybridized carbons (Fsp3) is 0.636. The Kier molecular flexibility index (Phi) is 2.77. The predicted octanol–water partition coefficient (Wildman–Crippen LogP) is 0.669. The normalized spacial score (nSPS) is 32.4. The van der Waals surface area contributed by atoms with Crippen molar-refractivity contribution in [3.63, 3.8) is 0 Å². The second-order valence-electron chi connectivity index (χ2n) is 4.27. The van der Waals surface area contributed by atoms with Gasteiger partial charge in [0.05, 0.1) is 6.54 Å². The second-order valence-corrected chi connectivity index (χ2v) is 4.27. The Labute approximate surface area is 85.9 Å². The summed E-state index contributed by atoms with van der Waals surface area (Å²) in [6.45, 7) is 7.69. The van der Waals surface area contributed by atoms with E-state index >= 15 is 0 Å². The molecule has 2 aliphatic heterocycles. The molecule has 0 saturated carbocycles. The molecule has 1 fully saturated rings. The zero-order chi connectivity index (χ0) is 9.97. The maximum Gasteiger partial charge on any atom is 0.0544 e. The second kappa shape index (κ2) is 4.05. The molecule has 3 heteroatoms. The molecule has 0 bridgehead atoms. The highest BCUT2D eigenvalue weighted by molar-refractivity contribution is 5.18.